The Hall–Kier alpha value is -1.14. The largest absolute Gasteiger partial charge is 0.351 e. The zero-order chi connectivity index (χ0) is 16.4. The molecule has 0 spiro atoms. The first-order valence-electron chi connectivity index (χ1n) is 8.36. The Labute approximate surface area is 133 Å². The molecule has 126 valence electrons. The Morgan fingerprint density at radius 2 is 2.05 bits per heavy atom. The summed E-state index contributed by atoms with van der Waals surface area (Å²) in [6, 6.07) is 0.656. The molecule has 1 aliphatic carbocycles. The van der Waals surface area contributed by atoms with Crippen LogP contribution in [0.25, 0.3) is 0 Å². The van der Waals surface area contributed by atoms with E-state index in [9.17, 15) is 9.59 Å². The average molecular weight is 310 g/mol. The van der Waals surface area contributed by atoms with E-state index in [2.05, 4.69) is 31.1 Å². The highest BCUT2D eigenvalue weighted by atomic mass is 16.2. The van der Waals surface area contributed by atoms with Crippen molar-refractivity contribution < 1.29 is 9.59 Å². The second kappa shape index (κ2) is 6.96. The van der Waals surface area contributed by atoms with Crippen molar-refractivity contribution in [3.63, 3.8) is 0 Å². The minimum atomic E-state index is -0.367. The second-order valence-corrected chi connectivity index (χ2v) is 7.03. The molecule has 2 rings (SSSR count). The van der Waals surface area contributed by atoms with Crippen molar-refractivity contribution in [2.24, 2.45) is 5.73 Å². The van der Waals surface area contributed by atoms with Gasteiger partial charge >= 0.3 is 0 Å². The summed E-state index contributed by atoms with van der Waals surface area (Å²) in [5.74, 6) is 0.00908. The lowest BCUT2D eigenvalue weighted by atomic mass is 9.84. The molecular weight excluding hydrogens is 280 g/mol. The van der Waals surface area contributed by atoms with Gasteiger partial charge in [-0.3, -0.25) is 9.59 Å². The summed E-state index contributed by atoms with van der Waals surface area (Å²) in [6.45, 7) is 6.63. The van der Waals surface area contributed by atoms with Crippen molar-refractivity contribution in [2.75, 3.05) is 13.6 Å². The van der Waals surface area contributed by atoms with Gasteiger partial charge in [-0.1, -0.05) is 0 Å². The number of carbonyl (C=O) groups excluding carboxylic acids is 2. The Bertz CT molecular complexity index is 426. The molecule has 6 nitrogen and oxygen atoms in total. The smallest absolute Gasteiger partial charge is 0.239 e. The molecule has 4 atom stereocenters. The van der Waals surface area contributed by atoms with Gasteiger partial charge in [-0.05, 0) is 46.6 Å². The van der Waals surface area contributed by atoms with Gasteiger partial charge in [0.2, 0.25) is 11.8 Å². The molecule has 1 saturated carbocycles. The van der Waals surface area contributed by atoms with E-state index in [0.717, 1.165) is 25.7 Å². The fourth-order valence-corrected chi connectivity index (χ4v) is 3.77. The van der Waals surface area contributed by atoms with E-state index in [1.54, 1.807) is 6.92 Å². The first kappa shape index (κ1) is 17.2. The molecule has 3 N–H and O–H groups in total. The SMILES string of the molecule is CC(=O)NC1CC(N(C)C(C)C)CCC1N1CC[C@H](N)C1=O. The highest BCUT2D eigenvalue weighted by Crippen LogP contribution is 2.29. The average Bonchev–Trinajstić information content (AvgIpc) is 2.77. The quantitative estimate of drug-likeness (QED) is 0.783. The number of rotatable bonds is 4. The molecule has 6 heteroatoms. The summed E-state index contributed by atoms with van der Waals surface area (Å²) in [5.41, 5.74) is 5.85. The predicted octanol–water partition coefficient (Wildman–Crippen LogP) is 0.312. The van der Waals surface area contributed by atoms with Gasteiger partial charge in [0.25, 0.3) is 0 Å². The van der Waals surface area contributed by atoms with Crippen LogP contribution in [0, 0.1) is 0 Å². The molecule has 0 aromatic rings. The third-order valence-electron chi connectivity index (χ3n) is 5.25. The summed E-state index contributed by atoms with van der Waals surface area (Å²) in [4.78, 5) is 28.1. The van der Waals surface area contributed by atoms with Crippen molar-refractivity contribution in [1.29, 1.82) is 0 Å². The maximum absolute atomic E-state index is 12.2. The van der Waals surface area contributed by atoms with Gasteiger partial charge in [0, 0.05) is 25.6 Å². The van der Waals surface area contributed by atoms with Crippen molar-refractivity contribution in [3.8, 4) is 0 Å². The van der Waals surface area contributed by atoms with Crippen LogP contribution in [0.2, 0.25) is 0 Å². The molecule has 0 bridgehead atoms. The number of likely N-dealkylation sites (tertiary alicyclic amines) is 1. The van der Waals surface area contributed by atoms with Gasteiger partial charge in [-0.15, -0.1) is 0 Å². The van der Waals surface area contributed by atoms with Crippen molar-refractivity contribution in [1.82, 2.24) is 15.1 Å². The molecule has 1 heterocycles. The molecule has 1 aliphatic heterocycles. The summed E-state index contributed by atoms with van der Waals surface area (Å²) < 4.78 is 0. The summed E-state index contributed by atoms with van der Waals surface area (Å²) in [7, 11) is 2.14. The standard InChI is InChI=1S/C16H30N4O2/c1-10(2)19(4)12-5-6-15(14(9-12)18-11(3)21)20-8-7-13(17)16(20)22/h10,12-15H,5-9,17H2,1-4H3,(H,18,21)/t12?,13-,14?,15?/m0/s1. The molecule has 2 amide bonds. The van der Waals surface area contributed by atoms with Crippen LogP contribution in [0.15, 0.2) is 0 Å². The van der Waals surface area contributed by atoms with Crippen LogP contribution in [-0.4, -0.2) is 65.4 Å². The number of amides is 2. The van der Waals surface area contributed by atoms with Crippen molar-refractivity contribution in [2.45, 2.75) is 76.7 Å². The van der Waals surface area contributed by atoms with Gasteiger partial charge in [0.15, 0.2) is 0 Å². The van der Waals surface area contributed by atoms with Crippen LogP contribution in [0.1, 0.15) is 46.5 Å². The molecule has 0 radical (unpaired) electrons. The van der Waals surface area contributed by atoms with Crippen LogP contribution in [0.5, 0.6) is 0 Å². The minimum Gasteiger partial charge on any atom is -0.351 e. The maximum Gasteiger partial charge on any atom is 0.239 e. The normalized spacial score (nSPS) is 32.9. The monoisotopic (exact) mass is 310 g/mol. The van der Waals surface area contributed by atoms with E-state index >= 15 is 0 Å². The Morgan fingerprint density at radius 1 is 1.36 bits per heavy atom. The minimum absolute atomic E-state index is 0.0201. The molecule has 3 unspecified atom stereocenters. The summed E-state index contributed by atoms with van der Waals surface area (Å²) >= 11 is 0. The predicted molar refractivity (Wildman–Crippen MR) is 86.2 cm³/mol. The fourth-order valence-electron chi connectivity index (χ4n) is 3.77. The Morgan fingerprint density at radius 3 is 2.55 bits per heavy atom. The highest BCUT2D eigenvalue weighted by molar-refractivity contribution is 5.84. The van der Waals surface area contributed by atoms with Crippen LogP contribution in [-0.2, 0) is 9.59 Å². The second-order valence-electron chi connectivity index (χ2n) is 7.03. The topological polar surface area (TPSA) is 78.7 Å². The van der Waals surface area contributed by atoms with E-state index in [1.165, 1.54) is 0 Å². The molecule has 2 fully saturated rings. The number of hydrogen-bond donors (Lipinski definition) is 2. The first-order chi connectivity index (χ1) is 10.3. The van der Waals surface area contributed by atoms with Gasteiger partial charge in [-0.25, -0.2) is 0 Å². The lowest BCUT2D eigenvalue weighted by Crippen LogP contribution is -2.58. The molecule has 2 aliphatic rings. The van der Waals surface area contributed by atoms with Crippen LogP contribution >= 0.6 is 0 Å². The highest BCUT2D eigenvalue weighted by Gasteiger charge is 2.41. The zero-order valence-corrected chi connectivity index (χ0v) is 14.2. The summed E-state index contributed by atoms with van der Waals surface area (Å²) in [5, 5.41) is 3.07. The van der Waals surface area contributed by atoms with Gasteiger partial charge in [-0.2, -0.15) is 0 Å². The first-order valence-corrected chi connectivity index (χ1v) is 8.36. The van der Waals surface area contributed by atoms with E-state index in [4.69, 9.17) is 5.73 Å². The van der Waals surface area contributed by atoms with Gasteiger partial charge in [0.1, 0.15) is 0 Å². The molecule has 1 saturated heterocycles. The Kier molecular flexibility index (Phi) is 5.45. The number of carbonyl (C=O) groups is 2. The van der Waals surface area contributed by atoms with E-state index < -0.39 is 0 Å². The van der Waals surface area contributed by atoms with Gasteiger partial charge in [0.05, 0.1) is 18.1 Å². The lowest BCUT2D eigenvalue weighted by molar-refractivity contribution is -0.133. The number of nitrogens with zero attached hydrogens (tertiary/aromatic N) is 2. The fraction of sp³-hybridized carbons (Fsp3) is 0.875. The van der Waals surface area contributed by atoms with Crippen molar-refractivity contribution in [3.05, 3.63) is 0 Å². The zero-order valence-electron chi connectivity index (χ0n) is 14.2. The van der Waals surface area contributed by atoms with Crippen LogP contribution < -0.4 is 11.1 Å². The van der Waals surface area contributed by atoms with E-state index in [0.29, 0.717) is 18.6 Å². The van der Waals surface area contributed by atoms with E-state index in [1.807, 2.05) is 4.90 Å². The third kappa shape index (κ3) is 3.60. The number of hydrogen-bond acceptors (Lipinski definition) is 4. The molecular formula is C16H30N4O2. The van der Waals surface area contributed by atoms with Crippen LogP contribution in [0.3, 0.4) is 0 Å². The van der Waals surface area contributed by atoms with Crippen molar-refractivity contribution >= 4 is 11.8 Å². The van der Waals surface area contributed by atoms with Crippen LogP contribution in [0.4, 0.5) is 0 Å². The third-order valence-corrected chi connectivity index (χ3v) is 5.25. The van der Waals surface area contributed by atoms with E-state index in [-0.39, 0.29) is 29.9 Å². The maximum atomic E-state index is 12.2. The molecule has 22 heavy (non-hydrogen) atoms. The molecule has 0 aromatic carbocycles. The van der Waals surface area contributed by atoms with Gasteiger partial charge < -0.3 is 20.9 Å². The lowest BCUT2D eigenvalue weighted by Gasteiger charge is -2.44. The Balaban J connectivity index is 2.10. The number of nitrogens with two attached hydrogens (primary N) is 1. The number of nitrogens with one attached hydrogen (secondary N) is 1. The molecule has 0 aromatic heterocycles. The summed E-state index contributed by atoms with van der Waals surface area (Å²) in [6.07, 6.45) is 3.58.